The molecule has 7 nitrogen and oxygen atoms in total. The smallest absolute Gasteiger partial charge is 0.421 e. The van der Waals surface area contributed by atoms with Crippen LogP contribution in [-0.2, 0) is 15.6 Å². The molecular weight excluding hydrogens is 613 g/mol. The predicted octanol–water partition coefficient (Wildman–Crippen LogP) is 6.74. The van der Waals surface area contributed by atoms with Crippen LogP contribution in [0.5, 0.6) is 11.5 Å². The first kappa shape index (κ1) is 30.1. The Bertz CT molecular complexity index is 1940. The molecule has 0 radical (unpaired) electrons. The van der Waals surface area contributed by atoms with E-state index < -0.39 is 27.9 Å². The van der Waals surface area contributed by atoms with Crippen molar-refractivity contribution < 1.29 is 36.2 Å². The molecular formula is C32H27F3N2O5S2. The van der Waals surface area contributed by atoms with Crippen molar-refractivity contribution in [3.63, 3.8) is 0 Å². The molecule has 12 heteroatoms. The number of hydrogen-bond donors (Lipinski definition) is 2. The first-order chi connectivity index (χ1) is 20.8. The van der Waals surface area contributed by atoms with Gasteiger partial charge in [-0.15, -0.1) is 11.3 Å². The van der Waals surface area contributed by atoms with Crippen LogP contribution in [0, 0.1) is 0 Å². The highest BCUT2D eigenvalue weighted by atomic mass is 32.2. The first-order valence-corrected chi connectivity index (χ1v) is 16.0. The van der Waals surface area contributed by atoms with Gasteiger partial charge in [0.1, 0.15) is 6.10 Å². The van der Waals surface area contributed by atoms with E-state index in [1.807, 2.05) is 48.5 Å². The SMILES string of the molecule is C[C@@](O)(c1ccnc(-c2cccc3cc([C@@H](c4ccccc4)C4CCOc5cc(S(N)(=O)=O)ccc5O4)sc23)c1)C(F)(F)F. The summed E-state index contributed by atoms with van der Waals surface area (Å²) in [6, 6.07) is 24.1. The van der Waals surface area contributed by atoms with E-state index in [4.69, 9.17) is 14.6 Å². The van der Waals surface area contributed by atoms with Crippen LogP contribution in [0.2, 0.25) is 0 Å². The van der Waals surface area contributed by atoms with Crippen molar-refractivity contribution in [3.05, 3.63) is 107 Å². The van der Waals surface area contributed by atoms with E-state index in [1.54, 1.807) is 6.07 Å². The number of fused-ring (bicyclic) bond motifs is 2. The number of aromatic nitrogens is 1. The lowest BCUT2D eigenvalue weighted by Gasteiger charge is -2.26. The van der Waals surface area contributed by atoms with Gasteiger partial charge in [0.15, 0.2) is 17.1 Å². The molecule has 0 bridgehead atoms. The number of ether oxygens (including phenoxy) is 2. The van der Waals surface area contributed by atoms with Gasteiger partial charge in [-0.2, -0.15) is 13.2 Å². The van der Waals surface area contributed by atoms with E-state index in [2.05, 4.69) is 4.98 Å². The zero-order valence-corrected chi connectivity index (χ0v) is 24.9. The van der Waals surface area contributed by atoms with Gasteiger partial charge in [-0.05, 0) is 53.8 Å². The lowest BCUT2D eigenvalue weighted by molar-refractivity contribution is -0.258. The molecule has 1 aliphatic heterocycles. The zero-order valence-electron chi connectivity index (χ0n) is 23.3. The van der Waals surface area contributed by atoms with Gasteiger partial charge in [-0.3, -0.25) is 4.98 Å². The Morgan fingerprint density at radius 3 is 2.50 bits per heavy atom. The van der Waals surface area contributed by atoms with Crippen LogP contribution < -0.4 is 14.6 Å². The maximum atomic E-state index is 13.6. The second-order valence-corrected chi connectivity index (χ2v) is 13.4. The van der Waals surface area contributed by atoms with Crippen LogP contribution in [0.15, 0.2) is 96.0 Å². The Kier molecular flexibility index (Phi) is 7.65. The lowest BCUT2D eigenvalue weighted by atomic mass is 9.89. The Labute approximate surface area is 255 Å². The second kappa shape index (κ2) is 11.2. The third-order valence-electron chi connectivity index (χ3n) is 7.73. The largest absolute Gasteiger partial charge is 0.490 e. The molecule has 0 spiro atoms. The molecule has 0 aliphatic carbocycles. The summed E-state index contributed by atoms with van der Waals surface area (Å²) in [7, 11) is -3.93. The first-order valence-electron chi connectivity index (χ1n) is 13.6. The highest BCUT2D eigenvalue weighted by molar-refractivity contribution is 7.89. The minimum absolute atomic E-state index is 0.0793. The average molecular weight is 641 g/mol. The Hall–Kier alpha value is -3.97. The Morgan fingerprint density at radius 2 is 1.77 bits per heavy atom. The normalized spacial score (nSPS) is 17.5. The number of nitrogens with zero attached hydrogens (tertiary/aromatic N) is 1. The topological polar surface area (TPSA) is 112 Å². The van der Waals surface area contributed by atoms with Gasteiger partial charge in [0, 0.05) is 33.8 Å². The number of halogens is 3. The fourth-order valence-corrected chi connectivity index (χ4v) is 7.21. The van der Waals surface area contributed by atoms with Crippen LogP contribution in [0.3, 0.4) is 0 Å². The molecule has 3 atom stereocenters. The zero-order chi connectivity index (χ0) is 31.3. The summed E-state index contributed by atoms with van der Waals surface area (Å²) in [6.07, 6.45) is -3.52. The highest BCUT2D eigenvalue weighted by Crippen LogP contribution is 2.45. The summed E-state index contributed by atoms with van der Waals surface area (Å²) in [6.45, 7) is 0.992. The Balaban J connectivity index is 1.43. The lowest BCUT2D eigenvalue weighted by Crippen LogP contribution is -2.39. The molecule has 6 rings (SSSR count). The van der Waals surface area contributed by atoms with Crippen molar-refractivity contribution in [2.24, 2.45) is 5.14 Å². The summed E-state index contributed by atoms with van der Waals surface area (Å²) in [5.74, 6) is 0.407. The van der Waals surface area contributed by atoms with Crippen LogP contribution in [-0.4, -0.2) is 37.4 Å². The molecule has 3 aromatic carbocycles. The number of sulfonamides is 1. The van der Waals surface area contributed by atoms with E-state index in [9.17, 15) is 26.7 Å². The number of thiophene rings is 1. The minimum Gasteiger partial charge on any atom is -0.490 e. The van der Waals surface area contributed by atoms with Crippen LogP contribution >= 0.6 is 11.3 Å². The fourth-order valence-electron chi connectivity index (χ4n) is 5.32. The molecule has 3 heterocycles. The molecule has 44 heavy (non-hydrogen) atoms. The van der Waals surface area contributed by atoms with E-state index >= 15 is 0 Å². The van der Waals surface area contributed by atoms with Crippen molar-refractivity contribution in [1.29, 1.82) is 0 Å². The van der Waals surface area contributed by atoms with Crippen molar-refractivity contribution in [1.82, 2.24) is 4.98 Å². The molecule has 228 valence electrons. The molecule has 5 aromatic rings. The van der Waals surface area contributed by atoms with Crippen molar-refractivity contribution in [3.8, 4) is 22.8 Å². The Morgan fingerprint density at radius 1 is 1.00 bits per heavy atom. The van der Waals surface area contributed by atoms with Crippen molar-refractivity contribution in [2.75, 3.05) is 6.61 Å². The summed E-state index contributed by atoms with van der Waals surface area (Å²) < 4.78 is 77.8. The van der Waals surface area contributed by atoms with E-state index in [0.717, 1.165) is 33.5 Å². The fraction of sp³-hybridized carbons (Fsp3) is 0.219. The number of aliphatic hydroxyl groups is 1. The maximum absolute atomic E-state index is 13.6. The number of benzene rings is 3. The second-order valence-electron chi connectivity index (χ2n) is 10.7. The van der Waals surface area contributed by atoms with Gasteiger partial charge >= 0.3 is 6.18 Å². The number of primary sulfonamides is 1. The van der Waals surface area contributed by atoms with Crippen molar-refractivity contribution in [2.45, 2.75) is 42.0 Å². The predicted molar refractivity (Wildman–Crippen MR) is 161 cm³/mol. The number of hydrogen-bond acceptors (Lipinski definition) is 7. The molecule has 0 saturated heterocycles. The molecule has 1 aliphatic rings. The van der Waals surface area contributed by atoms with E-state index in [0.29, 0.717) is 23.4 Å². The van der Waals surface area contributed by atoms with Crippen LogP contribution in [0.4, 0.5) is 13.2 Å². The van der Waals surface area contributed by atoms with Crippen LogP contribution in [0.1, 0.15) is 35.3 Å². The van der Waals surface area contributed by atoms with Gasteiger partial charge in [0.25, 0.3) is 0 Å². The third-order valence-corrected chi connectivity index (χ3v) is 9.91. The van der Waals surface area contributed by atoms with Gasteiger partial charge in [0.05, 0.1) is 23.1 Å². The third kappa shape index (κ3) is 5.65. The molecule has 0 saturated carbocycles. The molecule has 1 unspecified atom stereocenters. The number of pyridine rings is 1. The summed E-state index contributed by atoms with van der Waals surface area (Å²) >= 11 is 1.49. The van der Waals surface area contributed by atoms with E-state index in [1.165, 1.54) is 41.8 Å². The number of nitrogens with two attached hydrogens (primary N) is 1. The van der Waals surface area contributed by atoms with Crippen LogP contribution in [0.25, 0.3) is 21.3 Å². The molecule has 0 fully saturated rings. The van der Waals surface area contributed by atoms with E-state index in [-0.39, 0.29) is 28.7 Å². The summed E-state index contributed by atoms with van der Waals surface area (Å²) in [5.41, 5.74) is -1.42. The molecule has 3 N–H and O–H groups in total. The quantitative estimate of drug-likeness (QED) is 0.213. The maximum Gasteiger partial charge on any atom is 0.421 e. The number of rotatable bonds is 6. The van der Waals surface area contributed by atoms with Crippen molar-refractivity contribution >= 4 is 31.4 Å². The molecule has 2 aromatic heterocycles. The highest BCUT2D eigenvalue weighted by Gasteiger charge is 2.51. The van der Waals surface area contributed by atoms with Gasteiger partial charge in [0.2, 0.25) is 10.0 Å². The minimum atomic E-state index is -4.86. The van der Waals surface area contributed by atoms with Gasteiger partial charge in [-0.25, -0.2) is 13.6 Å². The average Bonchev–Trinajstić information content (AvgIpc) is 3.30. The molecule has 0 amide bonds. The van der Waals surface area contributed by atoms with Gasteiger partial charge < -0.3 is 14.6 Å². The standard InChI is InChI=1S/C32H27F3N2O5S2/c1-31(38,32(33,34)35)21-12-14-37-24(17-21)23-9-5-8-20-16-28(43-30(20)23)29(19-6-3-2-4-7-19)26-13-15-41-27-18-22(44(36,39)40)10-11-25(27)42-26/h2-12,14,16-18,26,29,38H,13,15H2,1H3,(H2,36,39,40)/t26?,29-,31+/m0/s1. The number of alkyl halides is 3. The summed E-state index contributed by atoms with van der Waals surface area (Å²) in [4.78, 5) is 5.23. The van der Waals surface area contributed by atoms with Gasteiger partial charge in [-0.1, -0.05) is 48.5 Å². The monoisotopic (exact) mass is 640 g/mol. The summed E-state index contributed by atoms with van der Waals surface area (Å²) in [5, 5.41) is 16.5.